The second kappa shape index (κ2) is 9.28. The van der Waals surface area contributed by atoms with E-state index in [1.54, 1.807) is 24.3 Å². The number of amides is 2. The van der Waals surface area contributed by atoms with Crippen molar-refractivity contribution in [2.45, 2.75) is 51.4 Å². The number of hydrogen-bond acceptors (Lipinski definition) is 4. The van der Waals surface area contributed by atoms with Crippen LogP contribution in [0.15, 0.2) is 48.8 Å². The van der Waals surface area contributed by atoms with Crippen LogP contribution in [0.1, 0.15) is 70.1 Å². The number of halogens is 3. The number of carbonyl (C=O) groups excluding carboxylic acids is 2. The van der Waals surface area contributed by atoms with Crippen molar-refractivity contribution in [3.05, 3.63) is 76.7 Å². The largest absolute Gasteiger partial charge is 0.417 e. The maximum Gasteiger partial charge on any atom is 0.417 e. The van der Waals surface area contributed by atoms with Gasteiger partial charge in [-0.1, -0.05) is 26.0 Å². The Labute approximate surface area is 194 Å². The molecule has 2 N–H and O–H groups in total. The summed E-state index contributed by atoms with van der Waals surface area (Å²) in [6, 6.07) is 9.43. The Morgan fingerprint density at radius 2 is 1.76 bits per heavy atom. The molecule has 0 saturated heterocycles. The van der Waals surface area contributed by atoms with E-state index < -0.39 is 11.7 Å². The van der Waals surface area contributed by atoms with Crippen LogP contribution >= 0.6 is 0 Å². The molecule has 0 unspecified atom stereocenters. The first kappa shape index (κ1) is 23.5. The first-order valence-corrected chi connectivity index (χ1v) is 10.9. The van der Waals surface area contributed by atoms with E-state index in [1.165, 1.54) is 16.9 Å². The number of rotatable bonds is 7. The standard InChI is InChI=1S/C24H24F3N5O2/c1-14(2)21-19(13-30-32(21)20-10-7-17(12-28-20)24(25,26)27)23(34)29-11-15-3-5-16(6-4-15)22(33)31-18-8-9-18/h3-7,10,12-14,18H,8-9,11H2,1-2H3,(H,29,34)(H,31,33). The van der Waals surface area contributed by atoms with Crippen molar-refractivity contribution in [3.8, 4) is 5.82 Å². The number of alkyl halides is 3. The summed E-state index contributed by atoms with van der Waals surface area (Å²) < 4.78 is 39.9. The average molecular weight is 471 g/mol. The molecule has 4 rings (SSSR count). The molecule has 3 aromatic rings. The molecular weight excluding hydrogens is 447 g/mol. The Morgan fingerprint density at radius 1 is 1.06 bits per heavy atom. The van der Waals surface area contributed by atoms with Crippen molar-refractivity contribution in [3.63, 3.8) is 0 Å². The van der Waals surface area contributed by atoms with E-state index in [4.69, 9.17) is 0 Å². The van der Waals surface area contributed by atoms with E-state index in [0.29, 0.717) is 16.8 Å². The van der Waals surface area contributed by atoms with Gasteiger partial charge < -0.3 is 10.6 Å². The van der Waals surface area contributed by atoms with Crippen LogP contribution < -0.4 is 10.6 Å². The predicted octanol–water partition coefficient (Wildman–Crippen LogP) is 4.23. The third-order valence-corrected chi connectivity index (χ3v) is 5.47. The number of benzene rings is 1. The van der Waals surface area contributed by atoms with Gasteiger partial charge >= 0.3 is 6.18 Å². The lowest BCUT2D eigenvalue weighted by atomic mass is 10.0. The van der Waals surface area contributed by atoms with Gasteiger partial charge in [0.25, 0.3) is 11.8 Å². The fourth-order valence-corrected chi connectivity index (χ4v) is 3.50. The zero-order valence-corrected chi connectivity index (χ0v) is 18.7. The van der Waals surface area contributed by atoms with Crippen molar-refractivity contribution >= 4 is 11.8 Å². The van der Waals surface area contributed by atoms with E-state index in [0.717, 1.165) is 30.7 Å². The highest BCUT2D eigenvalue weighted by Crippen LogP contribution is 2.29. The molecular formula is C24H24F3N5O2. The number of nitrogens with zero attached hydrogens (tertiary/aromatic N) is 3. The second-order valence-electron chi connectivity index (χ2n) is 8.54. The van der Waals surface area contributed by atoms with Crippen LogP contribution in [0.3, 0.4) is 0 Å². The van der Waals surface area contributed by atoms with Gasteiger partial charge in [0.15, 0.2) is 5.82 Å². The van der Waals surface area contributed by atoms with Crippen molar-refractivity contribution < 1.29 is 22.8 Å². The van der Waals surface area contributed by atoms with Crippen LogP contribution in [-0.4, -0.2) is 32.6 Å². The Kier molecular flexibility index (Phi) is 6.41. The van der Waals surface area contributed by atoms with Crippen LogP contribution in [0.25, 0.3) is 5.82 Å². The minimum Gasteiger partial charge on any atom is -0.349 e. The molecule has 10 heteroatoms. The van der Waals surface area contributed by atoms with Gasteiger partial charge in [-0.2, -0.15) is 18.3 Å². The Hall–Kier alpha value is -3.69. The van der Waals surface area contributed by atoms with Crippen LogP contribution in [-0.2, 0) is 12.7 Å². The number of pyridine rings is 1. The normalized spacial score (nSPS) is 13.7. The van der Waals surface area contributed by atoms with Gasteiger partial charge in [0.05, 0.1) is 23.0 Å². The molecule has 1 aromatic carbocycles. The zero-order chi connectivity index (χ0) is 24.5. The fraction of sp³-hybridized carbons (Fsp3) is 0.333. The summed E-state index contributed by atoms with van der Waals surface area (Å²) in [5, 5.41) is 9.96. The minimum absolute atomic E-state index is 0.107. The third kappa shape index (κ3) is 5.27. The van der Waals surface area contributed by atoms with E-state index >= 15 is 0 Å². The van der Waals surface area contributed by atoms with Crippen molar-refractivity contribution in [2.75, 3.05) is 0 Å². The van der Waals surface area contributed by atoms with Gasteiger partial charge in [-0.05, 0) is 48.6 Å². The fourth-order valence-electron chi connectivity index (χ4n) is 3.50. The molecule has 7 nitrogen and oxygen atoms in total. The number of nitrogens with one attached hydrogen (secondary N) is 2. The minimum atomic E-state index is -4.49. The highest BCUT2D eigenvalue weighted by molar-refractivity contribution is 5.96. The van der Waals surface area contributed by atoms with E-state index in [2.05, 4.69) is 20.7 Å². The predicted molar refractivity (Wildman–Crippen MR) is 119 cm³/mol. The lowest BCUT2D eigenvalue weighted by Gasteiger charge is -2.13. The maximum absolute atomic E-state index is 12.9. The lowest BCUT2D eigenvalue weighted by Crippen LogP contribution is -2.26. The molecule has 1 aliphatic carbocycles. The van der Waals surface area contributed by atoms with Crippen LogP contribution in [0, 0.1) is 0 Å². The quantitative estimate of drug-likeness (QED) is 0.540. The van der Waals surface area contributed by atoms with Crippen molar-refractivity contribution in [1.29, 1.82) is 0 Å². The summed E-state index contributed by atoms with van der Waals surface area (Å²) in [5.41, 5.74) is 1.38. The van der Waals surface area contributed by atoms with Gasteiger partial charge in [0.2, 0.25) is 0 Å². The molecule has 0 spiro atoms. The Morgan fingerprint density at radius 3 is 2.32 bits per heavy atom. The topological polar surface area (TPSA) is 88.9 Å². The second-order valence-corrected chi connectivity index (χ2v) is 8.54. The molecule has 34 heavy (non-hydrogen) atoms. The molecule has 0 radical (unpaired) electrons. The molecule has 1 fully saturated rings. The van der Waals surface area contributed by atoms with Gasteiger partial charge in [0.1, 0.15) is 0 Å². The summed E-state index contributed by atoms with van der Waals surface area (Å²) in [4.78, 5) is 28.9. The monoisotopic (exact) mass is 471 g/mol. The van der Waals surface area contributed by atoms with Crippen molar-refractivity contribution in [2.24, 2.45) is 0 Å². The molecule has 0 bridgehead atoms. The average Bonchev–Trinajstić information content (AvgIpc) is 3.50. The van der Waals surface area contributed by atoms with Crippen molar-refractivity contribution in [1.82, 2.24) is 25.4 Å². The Balaban J connectivity index is 1.46. The highest BCUT2D eigenvalue weighted by atomic mass is 19.4. The smallest absolute Gasteiger partial charge is 0.349 e. The van der Waals surface area contributed by atoms with Gasteiger partial charge in [0, 0.05) is 24.3 Å². The molecule has 2 heterocycles. The summed E-state index contributed by atoms with van der Waals surface area (Å²) in [6.45, 7) is 3.96. The van der Waals surface area contributed by atoms with Crippen LogP contribution in [0.4, 0.5) is 13.2 Å². The first-order chi connectivity index (χ1) is 16.1. The Bertz CT molecular complexity index is 1180. The summed E-state index contributed by atoms with van der Waals surface area (Å²) in [7, 11) is 0. The lowest BCUT2D eigenvalue weighted by molar-refractivity contribution is -0.137. The molecule has 0 aliphatic heterocycles. The SMILES string of the molecule is CC(C)c1c(C(=O)NCc2ccc(C(=O)NC3CC3)cc2)cnn1-c1ccc(C(F)(F)F)cn1. The summed E-state index contributed by atoms with van der Waals surface area (Å²) in [6.07, 6.45) is -0.328. The molecule has 2 amide bonds. The van der Waals surface area contributed by atoms with Crippen LogP contribution in [0.5, 0.6) is 0 Å². The molecule has 1 saturated carbocycles. The molecule has 0 atom stereocenters. The zero-order valence-electron chi connectivity index (χ0n) is 18.7. The van der Waals surface area contributed by atoms with Crippen LogP contribution in [0.2, 0.25) is 0 Å². The molecule has 178 valence electrons. The van der Waals surface area contributed by atoms with E-state index in [9.17, 15) is 22.8 Å². The maximum atomic E-state index is 12.9. The first-order valence-electron chi connectivity index (χ1n) is 10.9. The van der Waals surface area contributed by atoms with Gasteiger partial charge in [-0.3, -0.25) is 9.59 Å². The van der Waals surface area contributed by atoms with E-state index in [1.807, 2.05) is 13.8 Å². The molecule has 2 aromatic heterocycles. The highest BCUT2D eigenvalue weighted by Gasteiger charge is 2.31. The molecule has 1 aliphatic rings. The van der Waals surface area contributed by atoms with Gasteiger partial charge in [-0.25, -0.2) is 9.67 Å². The summed E-state index contributed by atoms with van der Waals surface area (Å²) >= 11 is 0. The third-order valence-electron chi connectivity index (χ3n) is 5.47. The summed E-state index contributed by atoms with van der Waals surface area (Å²) in [5.74, 6) is -0.422. The number of aromatic nitrogens is 3. The number of hydrogen-bond donors (Lipinski definition) is 2. The van der Waals surface area contributed by atoms with E-state index in [-0.39, 0.29) is 36.1 Å². The number of carbonyl (C=O) groups is 2. The van der Waals surface area contributed by atoms with Gasteiger partial charge in [-0.15, -0.1) is 0 Å².